The van der Waals surface area contributed by atoms with Gasteiger partial charge in [0.2, 0.25) is 0 Å². The summed E-state index contributed by atoms with van der Waals surface area (Å²) in [6.07, 6.45) is 0. The zero-order valence-electron chi connectivity index (χ0n) is 17.7. The van der Waals surface area contributed by atoms with Gasteiger partial charge in [-0.05, 0) is 0 Å². The van der Waals surface area contributed by atoms with Crippen molar-refractivity contribution in [1.82, 2.24) is 0 Å². The normalized spacial score (nSPS) is 11.8. The first-order valence-corrected chi connectivity index (χ1v) is 19.0. The van der Waals surface area contributed by atoms with Crippen LogP contribution in [0.5, 0.6) is 0 Å². The summed E-state index contributed by atoms with van der Waals surface area (Å²) in [7, 11) is -0.116. The topological polar surface area (TPSA) is 0 Å². The molecule has 0 aromatic heterocycles. The van der Waals surface area contributed by atoms with Gasteiger partial charge in [-0.25, -0.2) is 0 Å². The van der Waals surface area contributed by atoms with Gasteiger partial charge in [0, 0.05) is 0 Å². The average Bonchev–Trinajstić information content (AvgIpc) is 2.69. The van der Waals surface area contributed by atoms with Gasteiger partial charge >= 0.3 is 180 Å². The molecule has 0 aliphatic heterocycles. The van der Waals surface area contributed by atoms with Crippen LogP contribution in [0.25, 0.3) is 0 Å². The first-order chi connectivity index (χ1) is 13.4. The van der Waals surface area contributed by atoms with Gasteiger partial charge in [0.1, 0.15) is 0 Å². The first kappa shape index (κ1) is 22.2. The third-order valence-corrected chi connectivity index (χ3v) is 14.0. The second-order valence-corrected chi connectivity index (χ2v) is 19.1. The van der Waals surface area contributed by atoms with Crippen molar-refractivity contribution < 1.29 is 0 Å². The second kappa shape index (κ2) is 10.0. The Kier molecular flexibility index (Phi) is 7.94. The van der Waals surface area contributed by atoms with Crippen LogP contribution in [0.2, 0.25) is 0 Å². The second-order valence-electron chi connectivity index (χ2n) is 7.57. The number of benzene rings is 3. The van der Waals surface area contributed by atoms with Crippen LogP contribution in [-0.2, 0) is 0 Å². The molecule has 0 aliphatic rings. The monoisotopic (exact) mass is 486 g/mol. The minimum absolute atomic E-state index is 0.0386. The van der Waals surface area contributed by atoms with E-state index in [9.17, 15) is 0 Å². The molecule has 0 spiro atoms. The molecule has 0 aliphatic carbocycles. The molecule has 0 radical (unpaired) electrons. The van der Waals surface area contributed by atoms with Crippen molar-refractivity contribution in [3.05, 3.63) is 72.8 Å². The summed E-state index contributed by atoms with van der Waals surface area (Å²) in [5, 5.41) is 4.47. The van der Waals surface area contributed by atoms with Crippen LogP contribution in [0.3, 0.4) is 0 Å². The summed E-state index contributed by atoms with van der Waals surface area (Å²) in [5.41, 5.74) is 0. The fourth-order valence-electron chi connectivity index (χ4n) is 3.15. The average molecular weight is 486 g/mol. The van der Waals surface area contributed by atoms with E-state index in [4.69, 9.17) is 0 Å². The van der Waals surface area contributed by atoms with Gasteiger partial charge in [-0.1, -0.05) is 0 Å². The Labute approximate surface area is 179 Å². The number of rotatable bonds is 6. The Morgan fingerprint density at radius 2 is 0.607 bits per heavy atom. The van der Waals surface area contributed by atoms with E-state index >= 15 is 0 Å². The summed E-state index contributed by atoms with van der Waals surface area (Å²) >= 11 is -1.53. The zero-order chi connectivity index (χ0) is 20.3. The quantitative estimate of drug-likeness (QED) is 0.371. The summed E-state index contributed by atoms with van der Waals surface area (Å²) in [6, 6.07) is 28.6. The van der Waals surface area contributed by atoms with Crippen molar-refractivity contribution in [2.45, 2.75) is 0 Å². The fourth-order valence-corrected chi connectivity index (χ4v) is 10.1. The van der Waals surface area contributed by atoms with Crippen LogP contribution in [0, 0.1) is 0 Å². The molecule has 28 heavy (non-hydrogen) atoms. The molecule has 0 unspecified atom stereocenters. The Morgan fingerprint density at radius 1 is 0.393 bits per heavy atom. The number of hydrogen-bond donors (Lipinski definition) is 0. The maximum absolute atomic E-state index is 2.40. The van der Waals surface area contributed by atoms with E-state index in [2.05, 4.69) is 113 Å². The SMILES string of the molecule is CP(C)c1ccc([As](c2ccc(P(C)C)cc2)c2ccc(P(C)C)cc2)cc1. The van der Waals surface area contributed by atoms with Crippen molar-refractivity contribution in [3.63, 3.8) is 0 Å². The minimum atomic E-state index is -1.53. The van der Waals surface area contributed by atoms with E-state index < -0.39 is 14.7 Å². The summed E-state index contributed by atoms with van der Waals surface area (Å²) < 4.78 is 4.58. The van der Waals surface area contributed by atoms with Gasteiger partial charge in [0.25, 0.3) is 0 Å². The molecule has 4 heteroatoms. The van der Waals surface area contributed by atoms with Crippen LogP contribution >= 0.6 is 23.8 Å². The van der Waals surface area contributed by atoms with E-state index in [-0.39, 0.29) is 23.8 Å². The molecule has 0 amide bonds. The van der Waals surface area contributed by atoms with Crippen molar-refractivity contribution >= 4 is 67.4 Å². The van der Waals surface area contributed by atoms with Gasteiger partial charge < -0.3 is 0 Å². The Morgan fingerprint density at radius 3 is 0.786 bits per heavy atom. The molecular weight excluding hydrogens is 456 g/mol. The van der Waals surface area contributed by atoms with Crippen LogP contribution in [0.4, 0.5) is 0 Å². The Bertz CT molecular complexity index is 760. The standard InChI is InChI=1S/C24H30AsP3/c1-26(2)22-13-7-19(8-14-22)25(20-9-15-23(16-10-20)27(3)4)21-11-17-24(18-12-21)28(5)6/h7-18H,1-6H3. The van der Waals surface area contributed by atoms with Crippen molar-refractivity contribution in [2.24, 2.45) is 0 Å². The molecule has 0 heterocycles. The van der Waals surface area contributed by atoms with Crippen molar-refractivity contribution in [2.75, 3.05) is 40.0 Å². The molecule has 3 aromatic rings. The third kappa shape index (κ3) is 5.35. The number of hydrogen-bond acceptors (Lipinski definition) is 0. The molecule has 0 fully saturated rings. The molecule has 3 rings (SSSR count). The van der Waals surface area contributed by atoms with Crippen LogP contribution in [0.1, 0.15) is 0 Å². The molecule has 0 N–H and O–H groups in total. The van der Waals surface area contributed by atoms with Crippen LogP contribution in [0.15, 0.2) is 72.8 Å². The van der Waals surface area contributed by atoms with Gasteiger partial charge in [0.15, 0.2) is 0 Å². The van der Waals surface area contributed by atoms with E-state index in [1.54, 1.807) is 0 Å². The van der Waals surface area contributed by atoms with Crippen LogP contribution < -0.4 is 29.0 Å². The molecule has 3 aromatic carbocycles. The zero-order valence-corrected chi connectivity index (χ0v) is 22.3. The van der Waals surface area contributed by atoms with Crippen molar-refractivity contribution in [3.8, 4) is 0 Å². The van der Waals surface area contributed by atoms with E-state index in [1.807, 2.05) is 0 Å². The predicted octanol–water partition coefficient (Wildman–Crippen LogP) is 3.30. The Hall–Kier alpha value is -0.492. The summed E-state index contributed by atoms with van der Waals surface area (Å²) in [6.45, 7) is 14.0. The van der Waals surface area contributed by atoms with Crippen LogP contribution in [-0.4, -0.2) is 54.6 Å². The van der Waals surface area contributed by atoms with Crippen molar-refractivity contribution in [1.29, 1.82) is 0 Å². The molecule has 0 atom stereocenters. The molecule has 0 nitrogen and oxygen atoms in total. The molecule has 0 saturated heterocycles. The molecule has 0 saturated carbocycles. The van der Waals surface area contributed by atoms with E-state index in [1.165, 1.54) is 29.0 Å². The predicted molar refractivity (Wildman–Crippen MR) is 139 cm³/mol. The van der Waals surface area contributed by atoms with Gasteiger partial charge in [0.05, 0.1) is 0 Å². The van der Waals surface area contributed by atoms with Gasteiger partial charge in [-0.15, -0.1) is 0 Å². The summed E-state index contributed by atoms with van der Waals surface area (Å²) in [5.74, 6) is 0. The molecule has 0 bridgehead atoms. The third-order valence-electron chi connectivity index (χ3n) is 4.87. The van der Waals surface area contributed by atoms with Gasteiger partial charge in [-0.3, -0.25) is 0 Å². The maximum atomic E-state index is 2.40. The van der Waals surface area contributed by atoms with E-state index in [0.717, 1.165) is 0 Å². The van der Waals surface area contributed by atoms with Gasteiger partial charge in [-0.2, -0.15) is 0 Å². The summed E-state index contributed by atoms with van der Waals surface area (Å²) in [4.78, 5) is 0. The first-order valence-electron chi connectivity index (χ1n) is 9.49. The van der Waals surface area contributed by atoms with E-state index in [0.29, 0.717) is 0 Å². The Balaban J connectivity index is 2.04. The fraction of sp³-hybridized carbons (Fsp3) is 0.250. The molecule has 146 valence electrons. The molecular formula is C24H30AsP3.